The monoisotopic (exact) mass is 158 g/mol. The van der Waals surface area contributed by atoms with Gasteiger partial charge in [0.05, 0.1) is 0 Å². The van der Waals surface area contributed by atoms with Crippen LogP contribution in [0, 0.1) is 0 Å². The zero-order chi connectivity index (χ0) is 6.78. The molecular formula is C2H7O4PS. The minimum atomic E-state index is -4.48. The molecule has 0 unspecified atom stereocenters. The van der Waals surface area contributed by atoms with Gasteiger partial charge >= 0.3 is 51.3 Å². The summed E-state index contributed by atoms with van der Waals surface area (Å²) >= 11 is 3.41. The second kappa shape index (κ2) is 2.75. The Hall–Kier alpha value is 0.330. The van der Waals surface area contributed by atoms with Gasteiger partial charge in [-0.25, -0.2) is 0 Å². The van der Waals surface area contributed by atoms with Crippen molar-refractivity contribution in [1.82, 2.24) is 0 Å². The molecule has 3 N–H and O–H groups in total. The second-order valence-corrected chi connectivity index (χ2v) is 3.36. The first-order valence-corrected chi connectivity index (χ1v) is 4.27. The Morgan fingerprint density at radius 2 is 1.88 bits per heavy atom. The van der Waals surface area contributed by atoms with Crippen molar-refractivity contribution in [2.75, 3.05) is 5.75 Å². The first-order valence-electron chi connectivity index (χ1n) is 1.79. The van der Waals surface area contributed by atoms with Gasteiger partial charge in [0.2, 0.25) is 0 Å². The molecule has 0 amide bonds. The fourth-order valence-corrected chi connectivity index (χ4v) is 0.955. The van der Waals surface area contributed by atoms with Crippen molar-refractivity contribution in [3.63, 3.8) is 0 Å². The van der Waals surface area contributed by atoms with Crippen LogP contribution in [0.5, 0.6) is 0 Å². The van der Waals surface area contributed by atoms with Crippen LogP contribution in [-0.4, -0.2) is 26.0 Å². The zero-order valence-electron chi connectivity index (χ0n) is 3.90. The maximum atomic E-state index is 10.1. The minimum absolute atomic E-state index is 0.338. The molecule has 6 heteroatoms. The summed E-state index contributed by atoms with van der Waals surface area (Å²) in [7, 11) is -4.48. The number of carbonyl (C=O) groups excluding carboxylic acids is 1. The molecule has 0 aromatic heterocycles. The van der Waals surface area contributed by atoms with E-state index in [-0.39, 0.29) is 5.75 Å². The topological polar surface area (TPSA) is 77.8 Å². The Bertz CT molecular complexity index is 96.7. The second-order valence-electron chi connectivity index (χ2n) is 1.22. The Labute approximate surface area is 52.1 Å². The average molecular weight is 158 g/mol. The first kappa shape index (κ1) is 8.33. The number of carbonyl (C=O) groups is 1. The standard InChI is InChI=1S/C2H7O4PS/c3-2(1-8)7(4,5)6/h4-8H,1H2. The summed E-state index contributed by atoms with van der Waals surface area (Å²) in [6, 6.07) is 0. The summed E-state index contributed by atoms with van der Waals surface area (Å²) in [6.45, 7) is 0. The van der Waals surface area contributed by atoms with Crippen LogP contribution in [0.2, 0.25) is 0 Å². The molecule has 0 bridgehead atoms. The molecule has 0 aromatic carbocycles. The van der Waals surface area contributed by atoms with E-state index >= 15 is 0 Å². The van der Waals surface area contributed by atoms with E-state index in [1.54, 1.807) is 0 Å². The van der Waals surface area contributed by atoms with Gasteiger partial charge in [-0.15, -0.1) is 0 Å². The normalized spacial score (nSPS) is 13.5. The molecule has 0 rings (SSSR count). The zero-order valence-corrected chi connectivity index (χ0v) is 5.80. The van der Waals surface area contributed by atoms with E-state index in [4.69, 9.17) is 14.7 Å². The van der Waals surface area contributed by atoms with Gasteiger partial charge < -0.3 is 0 Å². The van der Waals surface area contributed by atoms with Crippen molar-refractivity contribution in [2.45, 2.75) is 0 Å². The molecule has 0 aliphatic heterocycles. The van der Waals surface area contributed by atoms with Gasteiger partial charge in [-0.1, -0.05) is 0 Å². The Kier molecular flexibility index (Phi) is 2.87. The van der Waals surface area contributed by atoms with E-state index in [2.05, 4.69) is 12.6 Å². The van der Waals surface area contributed by atoms with Crippen molar-refractivity contribution in [3.05, 3.63) is 0 Å². The summed E-state index contributed by atoms with van der Waals surface area (Å²) in [5.41, 5.74) is -0.999. The predicted octanol–water partition coefficient (Wildman–Crippen LogP) is -1.09. The van der Waals surface area contributed by atoms with Crippen molar-refractivity contribution < 1.29 is 19.5 Å². The van der Waals surface area contributed by atoms with E-state index in [0.717, 1.165) is 0 Å². The van der Waals surface area contributed by atoms with Crippen molar-refractivity contribution in [1.29, 1.82) is 0 Å². The number of thiol groups is 1. The van der Waals surface area contributed by atoms with Crippen LogP contribution in [0.15, 0.2) is 0 Å². The fraction of sp³-hybridized carbons (Fsp3) is 0.500. The van der Waals surface area contributed by atoms with Crippen LogP contribution in [-0.2, 0) is 4.79 Å². The summed E-state index contributed by atoms with van der Waals surface area (Å²) in [5.74, 6) is -0.338. The van der Waals surface area contributed by atoms with E-state index in [0.29, 0.717) is 0 Å². The van der Waals surface area contributed by atoms with Crippen LogP contribution in [0.3, 0.4) is 0 Å². The summed E-state index contributed by atoms with van der Waals surface area (Å²) in [6.07, 6.45) is 0. The third-order valence-electron chi connectivity index (χ3n) is 0.518. The molecule has 0 aliphatic rings. The van der Waals surface area contributed by atoms with Gasteiger partial charge in [0.25, 0.3) is 0 Å². The van der Waals surface area contributed by atoms with E-state index < -0.39 is 13.5 Å². The summed E-state index contributed by atoms with van der Waals surface area (Å²) in [4.78, 5) is 34.5. The van der Waals surface area contributed by atoms with Gasteiger partial charge in [0, 0.05) is 0 Å². The van der Waals surface area contributed by atoms with Crippen LogP contribution in [0.25, 0.3) is 0 Å². The SMILES string of the molecule is O=C(CS)[PH](O)(O)O. The van der Waals surface area contributed by atoms with Gasteiger partial charge in [0.15, 0.2) is 0 Å². The quantitative estimate of drug-likeness (QED) is 0.304. The third kappa shape index (κ3) is 2.59. The molecule has 0 radical (unpaired) electrons. The van der Waals surface area contributed by atoms with Crippen molar-refractivity contribution in [3.8, 4) is 0 Å². The number of hydrogen-bond donors (Lipinski definition) is 4. The fourth-order valence-electron chi connectivity index (χ4n) is 0.106. The summed E-state index contributed by atoms with van der Waals surface area (Å²) in [5, 5.41) is 0. The molecule has 0 aromatic rings. The molecule has 0 fully saturated rings. The molecule has 0 saturated heterocycles. The van der Waals surface area contributed by atoms with E-state index in [9.17, 15) is 4.79 Å². The van der Waals surface area contributed by atoms with Crippen LogP contribution < -0.4 is 0 Å². The molecule has 0 spiro atoms. The maximum absolute atomic E-state index is 10.1. The Balaban J connectivity index is 3.82. The average Bonchev–Trinajstić information content (AvgIpc) is 1.62. The number of hydrogen-bond acceptors (Lipinski definition) is 5. The van der Waals surface area contributed by atoms with Gasteiger partial charge in [-0.2, -0.15) is 0 Å². The van der Waals surface area contributed by atoms with Crippen LogP contribution in [0.1, 0.15) is 0 Å². The first-order chi connectivity index (χ1) is 3.48. The Morgan fingerprint density at radius 1 is 1.50 bits per heavy atom. The molecule has 8 heavy (non-hydrogen) atoms. The Morgan fingerprint density at radius 3 is 1.88 bits per heavy atom. The van der Waals surface area contributed by atoms with Crippen molar-refractivity contribution in [2.24, 2.45) is 0 Å². The van der Waals surface area contributed by atoms with Crippen LogP contribution >= 0.6 is 20.6 Å². The molecule has 0 heterocycles. The van der Waals surface area contributed by atoms with Gasteiger partial charge in [0.1, 0.15) is 0 Å². The molecule has 0 saturated carbocycles. The molecular weight excluding hydrogens is 151 g/mol. The molecule has 50 valence electrons. The third-order valence-corrected chi connectivity index (χ3v) is 2.03. The van der Waals surface area contributed by atoms with E-state index in [1.165, 1.54) is 0 Å². The van der Waals surface area contributed by atoms with Crippen LogP contribution in [0.4, 0.5) is 0 Å². The predicted molar refractivity (Wildman–Crippen MR) is 33.8 cm³/mol. The number of rotatable bonds is 2. The van der Waals surface area contributed by atoms with E-state index in [1.807, 2.05) is 0 Å². The van der Waals surface area contributed by atoms with Gasteiger partial charge in [-0.3, -0.25) is 0 Å². The molecule has 0 aliphatic carbocycles. The molecule has 0 atom stereocenters. The van der Waals surface area contributed by atoms with Crippen molar-refractivity contribution >= 4 is 26.1 Å². The summed E-state index contributed by atoms with van der Waals surface area (Å²) < 4.78 is 0. The molecule has 4 nitrogen and oxygen atoms in total. The van der Waals surface area contributed by atoms with Gasteiger partial charge in [-0.05, 0) is 0 Å².